The first-order valence-electron chi connectivity index (χ1n) is 16.7. The summed E-state index contributed by atoms with van der Waals surface area (Å²) in [6.45, 7) is 11.4. The Morgan fingerprint density at radius 2 is 1.54 bits per heavy atom. The summed E-state index contributed by atoms with van der Waals surface area (Å²) in [6, 6.07) is 14.4. The summed E-state index contributed by atoms with van der Waals surface area (Å²) in [6.07, 6.45) is 3.17. The average molecular weight is 681 g/mol. The molecular weight excluding hydrogens is 642 g/mol. The van der Waals surface area contributed by atoms with Gasteiger partial charge < -0.3 is 9.88 Å². The Labute approximate surface area is 288 Å². The number of carbonyl (C=O) groups is 2. The minimum Gasteiger partial charge on any atom is -0.326 e. The Kier molecular flexibility index (Phi) is 9.21. The van der Waals surface area contributed by atoms with Gasteiger partial charge in [0.05, 0.1) is 11.7 Å². The molecule has 2 N–H and O–H groups in total. The van der Waals surface area contributed by atoms with Crippen LogP contribution in [0.4, 0.5) is 31.0 Å². The van der Waals surface area contributed by atoms with Gasteiger partial charge in [-0.3, -0.25) is 24.8 Å². The van der Waals surface area contributed by atoms with E-state index in [1.165, 1.54) is 11.6 Å². The molecule has 0 radical (unpaired) electrons. The molecule has 0 atom stereocenters. The summed E-state index contributed by atoms with van der Waals surface area (Å²) >= 11 is 0. The maximum Gasteiger partial charge on any atom is 0.328 e. The van der Waals surface area contributed by atoms with Gasteiger partial charge in [0.15, 0.2) is 11.6 Å². The predicted octanol–water partition coefficient (Wildman–Crippen LogP) is 5.56. The lowest BCUT2D eigenvalue weighted by molar-refractivity contribution is -0.120. The number of nitrogens with zero attached hydrogens (tertiary/aromatic N) is 8. The third-order valence-corrected chi connectivity index (χ3v) is 9.10. The second-order valence-corrected chi connectivity index (χ2v) is 13.0. The molecule has 2 aliphatic heterocycles. The van der Waals surface area contributed by atoms with Crippen molar-refractivity contribution in [3.63, 3.8) is 0 Å². The lowest BCUT2D eigenvalue weighted by atomic mass is 10.1. The van der Waals surface area contributed by atoms with Crippen LogP contribution < -0.4 is 15.5 Å². The quantitative estimate of drug-likeness (QED) is 0.206. The molecule has 258 valence electrons. The van der Waals surface area contributed by atoms with Crippen molar-refractivity contribution < 1.29 is 18.4 Å². The second-order valence-electron chi connectivity index (χ2n) is 13.0. The highest BCUT2D eigenvalue weighted by molar-refractivity contribution is 6.05. The molecule has 2 aliphatic rings. The van der Waals surface area contributed by atoms with Crippen molar-refractivity contribution in [2.75, 3.05) is 42.9 Å². The van der Waals surface area contributed by atoms with Gasteiger partial charge in [-0.15, -0.1) is 0 Å². The highest BCUT2D eigenvalue weighted by Crippen LogP contribution is 2.30. The molecule has 0 saturated carbocycles. The summed E-state index contributed by atoms with van der Waals surface area (Å²) in [5.74, 6) is -0.106. The average Bonchev–Trinajstić information content (AvgIpc) is 3.44. The maximum atomic E-state index is 15.1. The van der Waals surface area contributed by atoms with Crippen molar-refractivity contribution in [2.24, 2.45) is 0 Å². The standard InChI is InChI=1S/C36H38F2N10O2/c1-22(2)48-23(3)41-34-28(37)16-26(17-30(34)48)33-29(38)19-40-35(44-33)42-31-9-6-25(18-39-31)21-46-14-12-45(13-15-46)20-24-4-7-27(8-5-24)47-11-10-32(49)43-36(47)50/h4-9,16-19,22H,10-15,20-21H2,1-3H3,(H,43,49,50)(H,39,40,42,44). The summed E-state index contributed by atoms with van der Waals surface area (Å²) in [5, 5.41) is 5.41. The summed E-state index contributed by atoms with van der Waals surface area (Å²) < 4.78 is 31.9. The van der Waals surface area contributed by atoms with Gasteiger partial charge in [-0.25, -0.2) is 33.5 Å². The topological polar surface area (TPSA) is 124 Å². The third kappa shape index (κ3) is 7.03. The first-order chi connectivity index (χ1) is 24.1. The van der Waals surface area contributed by atoms with Gasteiger partial charge in [-0.05, 0) is 62.2 Å². The van der Waals surface area contributed by atoms with Gasteiger partial charge in [0, 0.05) is 75.7 Å². The fourth-order valence-corrected chi connectivity index (χ4v) is 6.61. The maximum absolute atomic E-state index is 15.1. The zero-order valence-corrected chi connectivity index (χ0v) is 28.2. The molecule has 12 nitrogen and oxygen atoms in total. The monoisotopic (exact) mass is 680 g/mol. The van der Waals surface area contributed by atoms with Crippen LogP contribution in [0.1, 0.15) is 43.3 Å². The van der Waals surface area contributed by atoms with Gasteiger partial charge in [0.25, 0.3) is 0 Å². The minimum absolute atomic E-state index is 0.0181. The SMILES string of the molecule is Cc1nc2c(F)cc(-c3nc(Nc4ccc(CN5CCN(Cc6ccc(N7CCC(=O)NC7=O)cc6)CC5)cn4)ncc3F)cc2n1C(C)C. The van der Waals surface area contributed by atoms with Gasteiger partial charge in [0.2, 0.25) is 11.9 Å². The van der Waals surface area contributed by atoms with Crippen molar-refractivity contribution in [1.29, 1.82) is 0 Å². The predicted molar refractivity (Wildman–Crippen MR) is 186 cm³/mol. The zero-order chi connectivity index (χ0) is 34.9. The molecule has 2 saturated heterocycles. The summed E-state index contributed by atoms with van der Waals surface area (Å²) in [7, 11) is 0. The number of piperazine rings is 1. The molecule has 3 aromatic heterocycles. The van der Waals surface area contributed by atoms with Crippen molar-refractivity contribution in [3.8, 4) is 11.3 Å². The molecule has 0 bridgehead atoms. The Bertz CT molecular complexity index is 2040. The van der Waals surface area contributed by atoms with Crippen molar-refractivity contribution in [3.05, 3.63) is 89.5 Å². The number of amides is 3. The van der Waals surface area contributed by atoms with Crippen molar-refractivity contribution in [1.82, 2.24) is 39.6 Å². The molecule has 0 unspecified atom stereocenters. The smallest absolute Gasteiger partial charge is 0.326 e. The largest absolute Gasteiger partial charge is 0.328 e. The normalized spacial score (nSPS) is 16.0. The van der Waals surface area contributed by atoms with E-state index in [9.17, 15) is 14.0 Å². The van der Waals surface area contributed by atoms with Crippen LogP contribution in [-0.2, 0) is 17.9 Å². The number of hydrogen-bond donors (Lipinski definition) is 2. The van der Waals surface area contributed by atoms with E-state index in [2.05, 4.69) is 40.4 Å². The highest BCUT2D eigenvalue weighted by atomic mass is 19.1. The summed E-state index contributed by atoms with van der Waals surface area (Å²) in [5.41, 5.74) is 4.11. The number of imidazole rings is 1. The molecule has 14 heteroatoms. The number of rotatable bonds is 9. The number of halogens is 2. The fraction of sp³-hybridized carbons (Fsp3) is 0.333. The van der Waals surface area contributed by atoms with E-state index >= 15 is 4.39 Å². The molecule has 50 heavy (non-hydrogen) atoms. The van der Waals surface area contributed by atoms with E-state index in [-0.39, 0.29) is 35.1 Å². The number of urea groups is 1. The van der Waals surface area contributed by atoms with Crippen LogP contribution in [0.3, 0.4) is 0 Å². The number of fused-ring (bicyclic) bond motifs is 1. The molecular formula is C36H38F2N10O2. The Hall–Kier alpha value is -5.34. The number of aryl methyl sites for hydroxylation is 1. The van der Waals surface area contributed by atoms with E-state index in [0.717, 1.165) is 56.7 Å². The molecule has 0 aliphatic carbocycles. The van der Waals surface area contributed by atoms with Crippen LogP contribution >= 0.6 is 0 Å². The molecule has 2 aromatic carbocycles. The third-order valence-electron chi connectivity index (χ3n) is 9.10. The minimum atomic E-state index is -0.661. The van der Waals surface area contributed by atoms with Crippen LogP contribution in [-0.4, -0.2) is 79.0 Å². The van der Waals surface area contributed by atoms with Crippen LogP contribution in [0.15, 0.2) is 60.9 Å². The number of nitrogens with one attached hydrogen (secondary N) is 2. The number of aromatic nitrogens is 5. The van der Waals surface area contributed by atoms with Gasteiger partial charge in [0.1, 0.15) is 22.9 Å². The van der Waals surface area contributed by atoms with E-state index < -0.39 is 11.6 Å². The van der Waals surface area contributed by atoms with E-state index in [1.807, 2.05) is 61.7 Å². The number of hydrogen-bond acceptors (Lipinski definition) is 9. The molecule has 2 fully saturated rings. The Balaban J connectivity index is 0.934. The van der Waals surface area contributed by atoms with Gasteiger partial charge in [-0.2, -0.15) is 0 Å². The van der Waals surface area contributed by atoms with Crippen LogP contribution in [0.25, 0.3) is 22.3 Å². The number of benzene rings is 2. The Morgan fingerprint density at radius 3 is 2.20 bits per heavy atom. The number of anilines is 3. The molecule has 0 spiro atoms. The van der Waals surface area contributed by atoms with Crippen LogP contribution in [0, 0.1) is 18.6 Å². The lowest BCUT2D eigenvalue weighted by Gasteiger charge is -2.34. The molecule has 5 heterocycles. The van der Waals surface area contributed by atoms with Crippen LogP contribution in [0.2, 0.25) is 0 Å². The Morgan fingerprint density at radius 1 is 0.840 bits per heavy atom. The van der Waals surface area contributed by atoms with Gasteiger partial charge >= 0.3 is 6.03 Å². The highest BCUT2D eigenvalue weighted by Gasteiger charge is 2.24. The zero-order valence-electron chi connectivity index (χ0n) is 28.2. The number of pyridine rings is 1. The van der Waals surface area contributed by atoms with Crippen molar-refractivity contribution in [2.45, 2.75) is 46.3 Å². The van der Waals surface area contributed by atoms with E-state index in [1.54, 1.807) is 17.2 Å². The second kappa shape index (κ2) is 13.9. The van der Waals surface area contributed by atoms with Crippen molar-refractivity contribution >= 4 is 40.4 Å². The first-order valence-corrected chi connectivity index (χ1v) is 16.7. The van der Waals surface area contributed by atoms with Gasteiger partial charge in [-0.1, -0.05) is 18.2 Å². The number of carbonyl (C=O) groups excluding carboxylic acids is 2. The first kappa shape index (κ1) is 33.2. The lowest BCUT2D eigenvalue weighted by Crippen LogP contribution is -2.49. The molecule has 7 rings (SSSR count). The van der Waals surface area contributed by atoms with Crippen LogP contribution in [0.5, 0.6) is 0 Å². The van der Waals surface area contributed by atoms with E-state index in [4.69, 9.17) is 0 Å². The summed E-state index contributed by atoms with van der Waals surface area (Å²) in [4.78, 5) is 47.3. The number of imide groups is 1. The molecule has 5 aromatic rings. The fourth-order valence-electron chi connectivity index (χ4n) is 6.61. The molecule has 3 amide bonds. The van der Waals surface area contributed by atoms with E-state index in [0.29, 0.717) is 35.7 Å².